The molecule has 4 aliphatic rings. The number of aliphatic hydroxyl groups excluding tert-OH is 1. The summed E-state index contributed by atoms with van der Waals surface area (Å²) in [6.45, 7) is 6.69. The Morgan fingerprint density at radius 1 is 1.00 bits per heavy atom. The van der Waals surface area contributed by atoms with E-state index in [0.717, 1.165) is 51.1 Å². The first-order chi connectivity index (χ1) is 30.6. The molecule has 0 radical (unpaired) electrons. The van der Waals surface area contributed by atoms with Gasteiger partial charge in [-0.3, -0.25) is 29.0 Å². The van der Waals surface area contributed by atoms with E-state index in [1.54, 1.807) is 42.7 Å². The highest BCUT2D eigenvalue weighted by Crippen LogP contribution is 2.42. The van der Waals surface area contributed by atoms with E-state index in [1.807, 2.05) is 16.5 Å². The fraction of sp³-hybridized carbons (Fsp3) is 0.409. The third-order valence-electron chi connectivity index (χ3n) is 12.3. The van der Waals surface area contributed by atoms with Crippen molar-refractivity contribution in [2.45, 2.75) is 44.5 Å². The van der Waals surface area contributed by atoms with Gasteiger partial charge in [0, 0.05) is 80.4 Å². The number of nitrogens with zero attached hydrogens (tertiary/aromatic N) is 7. The van der Waals surface area contributed by atoms with Crippen molar-refractivity contribution < 1.29 is 38.1 Å². The topological polar surface area (TPSA) is 202 Å². The number of amides is 3. The molecule has 5 aromatic rings. The molecule has 19 heteroatoms. The fourth-order valence-electron chi connectivity index (χ4n) is 9.05. The highest BCUT2D eigenvalue weighted by atomic mass is 35.5. The van der Waals surface area contributed by atoms with Gasteiger partial charge in [-0.1, -0.05) is 29.8 Å². The molecular weight excluding hydrogens is 835 g/mol. The Morgan fingerprint density at radius 2 is 1.79 bits per heavy atom. The van der Waals surface area contributed by atoms with E-state index < -0.39 is 24.0 Å². The number of nitrogens with two attached hydrogens (primary N) is 1. The Labute approximate surface area is 367 Å². The van der Waals surface area contributed by atoms with E-state index in [4.69, 9.17) is 36.5 Å². The number of benzene rings is 2. The first-order valence-electron chi connectivity index (χ1n) is 21.1. The number of hydrogen-bond acceptors (Lipinski definition) is 14. The van der Waals surface area contributed by atoms with E-state index in [-0.39, 0.29) is 41.6 Å². The number of carbonyl (C=O) groups excluding carboxylic acids is 3. The molecule has 3 amide bonds. The van der Waals surface area contributed by atoms with Gasteiger partial charge in [-0.25, -0.2) is 19.3 Å². The van der Waals surface area contributed by atoms with Crippen molar-refractivity contribution in [1.82, 2.24) is 34.5 Å². The molecule has 2 unspecified atom stereocenters. The molecule has 0 aliphatic carbocycles. The number of nitrogens with one attached hydrogen (secondary N) is 2. The molecule has 17 nitrogen and oxygen atoms in total. The molecule has 3 aromatic heterocycles. The number of imide groups is 1. The molecule has 2 atom stereocenters. The molecule has 3 fully saturated rings. The maximum Gasteiger partial charge on any atom is 0.258 e. The van der Waals surface area contributed by atoms with Gasteiger partial charge in [-0.05, 0) is 60.6 Å². The van der Waals surface area contributed by atoms with E-state index in [2.05, 4.69) is 30.4 Å². The number of halogens is 2. The van der Waals surface area contributed by atoms with Crippen molar-refractivity contribution in [3.05, 3.63) is 94.7 Å². The predicted molar refractivity (Wildman–Crippen MR) is 231 cm³/mol. The fourth-order valence-corrected chi connectivity index (χ4v) is 9.20. The van der Waals surface area contributed by atoms with Gasteiger partial charge in [0.05, 0.1) is 32.0 Å². The number of imidazole rings is 1. The quantitative estimate of drug-likeness (QED) is 0.0629. The zero-order valence-electron chi connectivity index (χ0n) is 34.5. The molecule has 2 aromatic carbocycles. The van der Waals surface area contributed by atoms with Gasteiger partial charge in [-0.15, -0.1) is 0 Å². The van der Waals surface area contributed by atoms with Crippen molar-refractivity contribution in [1.29, 1.82) is 0 Å². The minimum atomic E-state index is -1.22. The predicted octanol–water partition coefficient (Wildman–Crippen LogP) is 4.04. The van der Waals surface area contributed by atoms with Crippen molar-refractivity contribution in [2.75, 3.05) is 81.7 Å². The standard InChI is InChI=1S/C44H48ClFN10O7/c45-29-8-11-48-34(23-29)50-40(58)27-4-5-30(31(46)22-27)37-38-39(47)49-12-15-55(38)43(52-37)54-13-9-44(10-14-54)25-53(26-44)16-17-61-18-19-62-20-21-63-33-3-1-2-28-24-56(42(60)36(28)33)32-6-7-35(57)51-41(32)59/h1-5,8,11-12,15,22-23,32,40,58H,6-7,9-10,13-14,16-21,24-26H2,(H2,47,49)(H,48,50)(H,51,57,59). The van der Waals surface area contributed by atoms with Gasteiger partial charge < -0.3 is 40.2 Å². The second-order valence-electron chi connectivity index (χ2n) is 16.4. The second-order valence-corrected chi connectivity index (χ2v) is 16.8. The molecule has 4 aliphatic heterocycles. The summed E-state index contributed by atoms with van der Waals surface area (Å²) in [7, 11) is 0. The summed E-state index contributed by atoms with van der Waals surface area (Å²) in [6.07, 6.45) is 6.17. The summed E-state index contributed by atoms with van der Waals surface area (Å²) in [5, 5.41) is 16.4. The monoisotopic (exact) mass is 882 g/mol. The van der Waals surface area contributed by atoms with Gasteiger partial charge in [0.1, 0.15) is 47.1 Å². The van der Waals surface area contributed by atoms with Crippen LogP contribution in [0.4, 0.5) is 22.0 Å². The molecule has 0 saturated carbocycles. The average molecular weight is 883 g/mol. The molecule has 7 heterocycles. The van der Waals surface area contributed by atoms with E-state index in [0.29, 0.717) is 84.3 Å². The van der Waals surface area contributed by atoms with Crippen LogP contribution in [0.1, 0.15) is 53.4 Å². The van der Waals surface area contributed by atoms with Crippen LogP contribution < -0.4 is 26.0 Å². The number of nitrogen functional groups attached to an aromatic ring is 1. The second kappa shape index (κ2) is 18.1. The maximum absolute atomic E-state index is 15.8. The maximum atomic E-state index is 15.8. The van der Waals surface area contributed by atoms with Crippen LogP contribution in [0.3, 0.4) is 0 Å². The lowest BCUT2D eigenvalue weighted by atomic mass is 9.72. The molecule has 9 rings (SSSR count). The van der Waals surface area contributed by atoms with Crippen molar-refractivity contribution >= 4 is 52.4 Å². The molecular formula is C44H48ClFN10O7. The number of aromatic nitrogens is 4. The van der Waals surface area contributed by atoms with E-state index in [1.165, 1.54) is 17.2 Å². The lowest BCUT2D eigenvalue weighted by Crippen LogP contribution is -2.61. The van der Waals surface area contributed by atoms with Crippen LogP contribution in [0.5, 0.6) is 5.75 Å². The van der Waals surface area contributed by atoms with Gasteiger partial charge in [0.2, 0.25) is 17.8 Å². The Hall–Kier alpha value is -5.92. The van der Waals surface area contributed by atoms with Crippen LogP contribution in [0.15, 0.2) is 67.1 Å². The van der Waals surface area contributed by atoms with E-state index >= 15 is 4.39 Å². The lowest BCUT2D eigenvalue weighted by Gasteiger charge is -2.54. The molecule has 330 valence electrons. The number of pyridine rings is 1. The molecule has 5 N–H and O–H groups in total. The minimum absolute atomic E-state index is 0.202. The highest BCUT2D eigenvalue weighted by Gasteiger charge is 2.45. The van der Waals surface area contributed by atoms with Crippen LogP contribution >= 0.6 is 11.6 Å². The summed E-state index contributed by atoms with van der Waals surface area (Å²) < 4.78 is 35.2. The van der Waals surface area contributed by atoms with Gasteiger partial charge in [-0.2, -0.15) is 0 Å². The number of fused-ring (bicyclic) bond motifs is 2. The molecule has 3 saturated heterocycles. The Bertz CT molecular complexity index is 2530. The summed E-state index contributed by atoms with van der Waals surface area (Å²) in [5.41, 5.74) is 9.28. The number of likely N-dealkylation sites (tertiary alicyclic amines) is 1. The van der Waals surface area contributed by atoms with Gasteiger partial charge in [0.25, 0.3) is 5.91 Å². The molecule has 0 bridgehead atoms. The summed E-state index contributed by atoms with van der Waals surface area (Å²) in [6, 6.07) is 12.4. The van der Waals surface area contributed by atoms with E-state index in [9.17, 15) is 19.5 Å². The zero-order valence-corrected chi connectivity index (χ0v) is 35.2. The lowest BCUT2D eigenvalue weighted by molar-refractivity contribution is -0.136. The van der Waals surface area contributed by atoms with Crippen LogP contribution in [0.2, 0.25) is 5.02 Å². The average Bonchev–Trinajstić information content (AvgIpc) is 3.81. The summed E-state index contributed by atoms with van der Waals surface area (Å²) in [5.74, 6) is 0.119. The minimum Gasteiger partial charge on any atom is -0.490 e. The normalized spacial score (nSPS) is 19.0. The smallest absolute Gasteiger partial charge is 0.258 e. The number of piperidine rings is 2. The number of aliphatic hydroxyl groups is 1. The third-order valence-corrected chi connectivity index (χ3v) is 12.5. The number of carbonyl (C=O) groups is 3. The largest absolute Gasteiger partial charge is 0.490 e. The SMILES string of the molecule is Nc1nccn2c(N3CCC4(CC3)CN(CCOCCOCCOc3cccc5c3C(=O)N(C3CCC(=O)NC3=O)C5)C4)nc(-c3ccc(C(O)Nc4cc(Cl)ccn4)cc3F)c12. The van der Waals surface area contributed by atoms with Crippen molar-refractivity contribution in [3.8, 4) is 17.0 Å². The summed E-state index contributed by atoms with van der Waals surface area (Å²) in [4.78, 5) is 56.8. The van der Waals surface area contributed by atoms with Crippen LogP contribution in [-0.4, -0.2) is 124 Å². The number of ether oxygens (including phenoxy) is 3. The van der Waals surface area contributed by atoms with Crippen LogP contribution in [0.25, 0.3) is 16.8 Å². The third kappa shape index (κ3) is 8.86. The highest BCUT2D eigenvalue weighted by molar-refractivity contribution is 6.30. The first-order valence-corrected chi connectivity index (χ1v) is 21.4. The van der Waals surface area contributed by atoms with Crippen LogP contribution in [0, 0.1) is 11.2 Å². The van der Waals surface area contributed by atoms with Gasteiger partial charge in [0.15, 0.2) is 6.23 Å². The Morgan fingerprint density at radius 3 is 2.57 bits per heavy atom. The van der Waals surface area contributed by atoms with Crippen molar-refractivity contribution in [3.63, 3.8) is 0 Å². The van der Waals surface area contributed by atoms with Gasteiger partial charge >= 0.3 is 0 Å². The Balaban J connectivity index is 0.698. The number of hydrogen-bond donors (Lipinski definition) is 4. The molecule has 63 heavy (non-hydrogen) atoms. The van der Waals surface area contributed by atoms with Crippen molar-refractivity contribution in [2.24, 2.45) is 5.41 Å². The van der Waals surface area contributed by atoms with Crippen LogP contribution in [-0.2, 0) is 25.6 Å². The zero-order chi connectivity index (χ0) is 43.7. The number of anilines is 3. The molecule has 1 spiro atoms. The number of rotatable bonds is 16. The Kier molecular flexibility index (Phi) is 12.1. The summed E-state index contributed by atoms with van der Waals surface area (Å²) >= 11 is 6.04. The first kappa shape index (κ1) is 42.4.